The van der Waals surface area contributed by atoms with E-state index >= 15 is 0 Å². The molecule has 3 aromatic rings. The average Bonchev–Trinajstić information content (AvgIpc) is 2.78. The van der Waals surface area contributed by atoms with Crippen molar-refractivity contribution in [1.29, 1.82) is 0 Å². The van der Waals surface area contributed by atoms with Crippen molar-refractivity contribution in [3.63, 3.8) is 0 Å². The second kappa shape index (κ2) is 10.5. The highest BCUT2D eigenvalue weighted by atomic mass is 19.4. The second-order valence-electron chi connectivity index (χ2n) is 8.19. The summed E-state index contributed by atoms with van der Waals surface area (Å²) in [6.07, 6.45) is -3.66. The molecule has 1 aromatic heterocycles. The molecule has 0 saturated heterocycles. The lowest BCUT2D eigenvalue weighted by Gasteiger charge is -2.23. The van der Waals surface area contributed by atoms with Crippen molar-refractivity contribution in [2.75, 3.05) is 29.1 Å². The molecule has 0 aliphatic carbocycles. The lowest BCUT2D eigenvalue weighted by atomic mass is 10.1. The number of hydrogen-bond acceptors (Lipinski definition) is 7. The van der Waals surface area contributed by atoms with E-state index in [1.54, 1.807) is 19.9 Å². The van der Waals surface area contributed by atoms with Crippen LogP contribution in [0, 0.1) is 0 Å². The van der Waals surface area contributed by atoms with E-state index in [0.29, 0.717) is 18.1 Å². The number of halogens is 3. The van der Waals surface area contributed by atoms with Crippen LogP contribution in [0.5, 0.6) is 0 Å². The fraction of sp³-hybridized carbons (Fsp3) is 0.348. The summed E-state index contributed by atoms with van der Waals surface area (Å²) in [6.45, 7) is 4.09. The van der Waals surface area contributed by atoms with Gasteiger partial charge in [0, 0.05) is 13.1 Å². The number of nitrogens with zero attached hydrogens (tertiary/aromatic N) is 3. The van der Waals surface area contributed by atoms with Crippen LogP contribution in [0.3, 0.4) is 0 Å². The van der Waals surface area contributed by atoms with Crippen molar-refractivity contribution in [2.24, 2.45) is 0 Å². The van der Waals surface area contributed by atoms with Gasteiger partial charge in [-0.05, 0) is 43.5 Å². The van der Waals surface area contributed by atoms with E-state index in [9.17, 15) is 18.3 Å². The largest absolute Gasteiger partial charge is 0.416 e. The Hall–Kier alpha value is -3.40. The summed E-state index contributed by atoms with van der Waals surface area (Å²) < 4.78 is 38.9. The molecule has 0 aliphatic rings. The Balaban J connectivity index is 1.74. The van der Waals surface area contributed by atoms with E-state index in [0.717, 1.165) is 24.1 Å². The number of hydrogen-bond donors (Lipinski definition) is 4. The fourth-order valence-corrected chi connectivity index (χ4v) is 2.93. The molecule has 0 bridgehead atoms. The average molecular weight is 461 g/mol. The van der Waals surface area contributed by atoms with Crippen molar-refractivity contribution in [1.82, 2.24) is 15.0 Å². The zero-order valence-electron chi connectivity index (χ0n) is 18.4. The van der Waals surface area contributed by atoms with Crippen molar-refractivity contribution in [3.8, 4) is 0 Å². The number of nitrogens with one attached hydrogen (secondary N) is 3. The summed E-state index contributed by atoms with van der Waals surface area (Å²) in [4.78, 5) is 13.0. The molecule has 0 amide bonds. The first-order chi connectivity index (χ1) is 15.6. The highest BCUT2D eigenvalue weighted by Gasteiger charge is 2.30. The van der Waals surface area contributed by atoms with Crippen LogP contribution in [-0.4, -0.2) is 38.7 Å². The summed E-state index contributed by atoms with van der Waals surface area (Å²) in [5.41, 5.74) is 0.199. The van der Waals surface area contributed by atoms with Crippen LogP contribution in [0.25, 0.3) is 0 Å². The van der Waals surface area contributed by atoms with Gasteiger partial charge in [-0.2, -0.15) is 28.1 Å². The number of anilines is 3. The third kappa shape index (κ3) is 7.60. The molecule has 1 heterocycles. The monoisotopic (exact) mass is 460 g/mol. The minimum atomic E-state index is -4.41. The Labute approximate surface area is 190 Å². The van der Waals surface area contributed by atoms with E-state index < -0.39 is 17.3 Å². The molecular weight excluding hydrogens is 433 g/mol. The van der Waals surface area contributed by atoms with E-state index in [1.807, 2.05) is 30.3 Å². The molecule has 33 heavy (non-hydrogen) atoms. The van der Waals surface area contributed by atoms with Crippen molar-refractivity contribution in [3.05, 3.63) is 71.3 Å². The molecule has 0 unspecified atom stereocenters. The van der Waals surface area contributed by atoms with Crippen LogP contribution in [0.2, 0.25) is 0 Å². The van der Waals surface area contributed by atoms with Crippen molar-refractivity contribution >= 4 is 17.8 Å². The predicted molar refractivity (Wildman–Crippen MR) is 122 cm³/mol. The minimum absolute atomic E-state index is 0.0974. The number of aliphatic hydroxyl groups is 1. The van der Waals surface area contributed by atoms with Crippen LogP contribution in [0.15, 0.2) is 54.6 Å². The molecule has 0 saturated carbocycles. The SMILES string of the molecule is CC(C)(CO)Nc1nc(NCCc2ccccc2)nc(NCc2cccc(C(F)(F)F)c2)n1. The Morgan fingerprint density at radius 1 is 0.818 bits per heavy atom. The molecule has 0 atom stereocenters. The van der Waals surface area contributed by atoms with Gasteiger partial charge in [-0.25, -0.2) is 0 Å². The summed E-state index contributed by atoms with van der Waals surface area (Å²) in [6, 6.07) is 15.0. The lowest BCUT2D eigenvalue weighted by molar-refractivity contribution is -0.137. The van der Waals surface area contributed by atoms with Crippen molar-refractivity contribution < 1.29 is 18.3 Å². The van der Waals surface area contributed by atoms with Gasteiger partial charge < -0.3 is 21.1 Å². The molecule has 2 aromatic carbocycles. The zero-order chi connectivity index (χ0) is 23.9. The predicted octanol–water partition coefficient (Wildman–Crippen LogP) is 4.34. The van der Waals surface area contributed by atoms with Crippen LogP contribution in [-0.2, 0) is 19.1 Å². The van der Waals surface area contributed by atoms with E-state index in [1.165, 1.54) is 6.07 Å². The molecule has 4 N–H and O–H groups in total. The topological polar surface area (TPSA) is 95.0 Å². The first-order valence-corrected chi connectivity index (χ1v) is 10.5. The van der Waals surface area contributed by atoms with Gasteiger partial charge in [-0.15, -0.1) is 0 Å². The summed E-state index contributed by atoms with van der Waals surface area (Å²) in [7, 11) is 0. The van der Waals surface area contributed by atoms with Gasteiger partial charge in [-0.1, -0.05) is 42.5 Å². The third-order valence-electron chi connectivity index (χ3n) is 4.73. The van der Waals surface area contributed by atoms with Crippen LogP contribution >= 0.6 is 0 Å². The molecule has 0 aliphatic heterocycles. The first-order valence-electron chi connectivity index (χ1n) is 10.5. The Bertz CT molecular complexity index is 1040. The number of benzene rings is 2. The Kier molecular flexibility index (Phi) is 7.70. The van der Waals surface area contributed by atoms with Crippen molar-refractivity contribution in [2.45, 2.75) is 38.5 Å². The van der Waals surface area contributed by atoms with Gasteiger partial charge in [0.15, 0.2) is 0 Å². The number of rotatable bonds is 10. The van der Waals surface area contributed by atoms with Gasteiger partial charge in [0.1, 0.15) is 0 Å². The molecule has 0 spiro atoms. The zero-order valence-corrected chi connectivity index (χ0v) is 18.4. The van der Waals surface area contributed by atoms with Crippen LogP contribution in [0.4, 0.5) is 31.0 Å². The molecule has 0 fully saturated rings. The third-order valence-corrected chi connectivity index (χ3v) is 4.73. The molecule has 176 valence electrons. The van der Waals surface area contributed by atoms with Gasteiger partial charge in [-0.3, -0.25) is 0 Å². The van der Waals surface area contributed by atoms with Gasteiger partial charge in [0.25, 0.3) is 0 Å². The Morgan fingerprint density at radius 2 is 1.45 bits per heavy atom. The van der Waals surface area contributed by atoms with Crippen LogP contribution in [0.1, 0.15) is 30.5 Å². The quantitative estimate of drug-likeness (QED) is 0.358. The standard InChI is InChI=1S/C23H27F3N6O/c1-22(2,15-33)32-21-30-19(27-12-11-16-7-4-3-5-8-16)29-20(31-21)28-14-17-9-6-10-18(13-17)23(24,25)26/h3-10,13,33H,11-12,14-15H2,1-2H3,(H3,27,28,29,30,31,32). The summed E-state index contributed by atoms with van der Waals surface area (Å²) in [5.74, 6) is 0.738. The van der Waals surface area contributed by atoms with Gasteiger partial charge in [0.05, 0.1) is 17.7 Å². The highest BCUT2D eigenvalue weighted by Crippen LogP contribution is 2.29. The van der Waals surface area contributed by atoms with Gasteiger partial charge >= 0.3 is 6.18 Å². The van der Waals surface area contributed by atoms with E-state index in [2.05, 4.69) is 30.9 Å². The normalized spacial score (nSPS) is 11.8. The molecule has 3 rings (SSSR count). The van der Waals surface area contributed by atoms with E-state index in [-0.39, 0.29) is 25.0 Å². The fourth-order valence-electron chi connectivity index (χ4n) is 2.93. The maximum atomic E-state index is 13.0. The Morgan fingerprint density at radius 3 is 2.12 bits per heavy atom. The molecule has 0 radical (unpaired) electrons. The maximum Gasteiger partial charge on any atom is 0.416 e. The minimum Gasteiger partial charge on any atom is -0.394 e. The lowest BCUT2D eigenvalue weighted by Crippen LogP contribution is -2.36. The van der Waals surface area contributed by atoms with Crippen LogP contribution < -0.4 is 16.0 Å². The number of alkyl halides is 3. The number of aromatic nitrogens is 3. The highest BCUT2D eigenvalue weighted by molar-refractivity contribution is 5.44. The van der Waals surface area contributed by atoms with E-state index in [4.69, 9.17) is 0 Å². The smallest absolute Gasteiger partial charge is 0.394 e. The molecule has 10 heteroatoms. The number of aliphatic hydroxyl groups excluding tert-OH is 1. The van der Waals surface area contributed by atoms with Gasteiger partial charge in [0.2, 0.25) is 17.8 Å². The molecular formula is C23H27F3N6O. The first kappa shape index (κ1) is 24.2. The summed E-state index contributed by atoms with van der Waals surface area (Å²) in [5, 5.41) is 18.7. The molecule has 7 nitrogen and oxygen atoms in total. The maximum absolute atomic E-state index is 13.0. The summed E-state index contributed by atoms with van der Waals surface area (Å²) >= 11 is 0. The second-order valence-corrected chi connectivity index (χ2v) is 8.19.